The topological polar surface area (TPSA) is 91.1 Å². The van der Waals surface area contributed by atoms with Crippen molar-refractivity contribution < 1.29 is 13.2 Å². The third-order valence-corrected chi connectivity index (χ3v) is 4.32. The van der Waals surface area contributed by atoms with E-state index in [1.54, 1.807) is 30.6 Å². The molecule has 0 saturated carbocycles. The zero-order valence-electron chi connectivity index (χ0n) is 11.6. The van der Waals surface area contributed by atoms with E-state index in [2.05, 4.69) is 15.0 Å². The molecule has 0 saturated heterocycles. The first-order valence-electron chi connectivity index (χ1n) is 6.42. The third-order valence-electron chi connectivity index (χ3n) is 2.90. The van der Waals surface area contributed by atoms with Gasteiger partial charge < -0.3 is 10.3 Å². The molecule has 1 heterocycles. The first-order chi connectivity index (χ1) is 9.97. The van der Waals surface area contributed by atoms with Gasteiger partial charge in [-0.3, -0.25) is 4.79 Å². The summed E-state index contributed by atoms with van der Waals surface area (Å²) < 4.78 is 26.8. The van der Waals surface area contributed by atoms with Crippen molar-refractivity contribution in [1.29, 1.82) is 0 Å². The molecule has 3 N–H and O–H groups in total. The maximum atomic E-state index is 12.1. The Kier molecular flexibility index (Phi) is 4.77. The highest BCUT2D eigenvalue weighted by atomic mass is 32.2. The van der Waals surface area contributed by atoms with Crippen LogP contribution in [0.4, 0.5) is 0 Å². The Balaban J connectivity index is 2.01. The molecular weight excluding hydrogens is 290 g/mol. The molecule has 21 heavy (non-hydrogen) atoms. The van der Waals surface area contributed by atoms with Crippen molar-refractivity contribution in [3.63, 3.8) is 0 Å². The normalized spacial score (nSPS) is 11.3. The van der Waals surface area contributed by atoms with Gasteiger partial charge in [0.05, 0.1) is 4.90 Å². The Hall–Kier alpha value is -2.12. The van der Waals surface area contributed by atoms with Gasteiger partial charge in [-0.15, -0.1) is 0 Å². The minimum Gasteiger partial charge on any atom is -0.367 e. The summed E-state index contributed by atoms with van der Waals surface area (Å²) >= 11 is 0. The summed E-state index contributed by atoms with van der Waals surface area (Å²) in [7, 11) is -3.54. The van der Waals surface area contributed by atoms with Gasteiger partial charge in [-0.25, -0.2) is 13.1 Å². The molecule has 7 heteroatoms. The molecule has 0 aliphatic heterocycles. The lowest BCUT2D eigenvalue weighted by atomic mass is 10.2. The van der Waals surface area contributed by atoms with Crippen molar-refractivity contribution in [3.05, 3.63) is 53.9 Å². The number of amides is 1. The molecule has 0 radical (unpaired) electrons. The molecule has 0 aliphatic rings. The van der Waals surface area contributed by atoms with E-state index in [1.165, 1.54) is 19.1 Å². The zero-order valence-corrected chi connectivity index (χ0v) is 12.4. The van der Waals surface area contributed by atoms with Gasteiger partial charge in [0.2, 0.25) is 15.9 Å². The quantitative estimate of drug-likeness (QED) is 0.747. The lowest BCUT2D eigenvalue weighted by molar-refractivity contribution is -0.119. The molecule has 0 spiro atoms. The summed E-state index contributed by atoms with van der Waals surface area (Å²) in [5, 5.41) is 2.66. The molecule has 1 aromatic carbocycles. The summed E-state index contributed by atoms with van der Waals surface area (Å²) in [6.45, 7) is 2.05. The summed E-state index contributed by atoms with van der Waals surface area (Å²) in [5.41, 5.74) is 1.70. The molecule has 0 atom stereocenters. The third kappa shape index (κ3) is 4.44. The molecule has 2 aromatic rings. The van der Waals surface area contributed by atoms with E-state index in [1.807, 2.05) is 0 Å². The molecule has 0 aliphatic carbocycles. The lowest BCUT2D eigenvalue weighted by Crippen LogP contribution is -2.23. The lowest BCUT2D eigenvalue weighted by Gasteiger charge is -2.07. The fourth-order valence-electron chi connectivity index (χ4n) is 1.74. The summed E-state index contributed by atoms with van der Waals surface area (Å²) in [4.78, 5) is 13.9. The van der Waals surface area contributed by atoms with Crippen LogP contribution in [0.25, 0.3) is 0 Å². The van der Waals surface area contributed by atoms with Gasteiger partial charge >= 0.3 is 0 Å². The Morgan fingerprint density at radius 2 is 1.81 bits per heavy atom. The maximum absolute atomic E-state index is 12.1. The number of rotatable bonds is 6. The van der Waals surface area contributed by atoms with Gasteiger partial charge in [0.25, 0.3) is 0 Å². The number of H-pyrrole nitrogens is 1. The standard InChI is InChI=1S/C14H17N3O3S/c1-11(18)16-9-12-2-4-14(5-3-12)21(19,20)17-10-13-6-7-15-8-13/h2-8,15,17H,9-10H2,1H3,(H,16,18). The smallest absolute Gasteiger partial charge is 0.240 e. The second-order valence-corrected chi connectivity index (χ2v) is 6.36. The predicted octanol–water partition coefficient (Wildman–Crippen LogP) is 1.13. The fraction of sp³-hybridized carbons (Fsp3) is 0.214. The van der Waals surface area contributed by atoms with Crippen LogP contribution >= 0.6 is 0 Å². The van der Waals surface area contributed by atoms with Crippen LogP contribution in [-0.2, 0) is 27.9 Å². The van der Waals surface area contributed by atoms with E-state index in [4.69, 9.17) is 0 Å². The van der Waals surface area contributed by atoms with E-state index in [0.717, 1.165) is 11.1 Å². The Morgan fingerprint density at radius 3 is 2.38 bits per heavy atom. The number of aromatic amines is 1. The van der Waals surface area contributed by atoms with Crippen LogP contribution < -0.4 is 10.0 Å². The minimum atomic E-state index is -3.54. The van der Waals surface area contributed by atoms with E-state index in [0.29, 0.717) is 6.54 Å². The molecule has 2 rings (SSSR count). The van der Waals surface area contributed by atoms with Crippen molar-refractivity contribution in [2.45, 2.75) is 24.9 Å². The highest BCUT2D eigenvalue weighted by Gasteiger charge is 2.13. The number of carbonyl (C=O) groups excluding carboxylic acids is 1. The number of aromatic nitrogens is 1. The second-order valence-electron chi connectivity index (χ2n) is 4.60. The van der Waals surface area contributed by atoms with Gasteiger partial charge in [0.15, 0.2) is 0 Å². The molecule has 0 unspecified atom stereocenters. The predicted molar refractivity (Wildman–Crippen MR) is 78.8 cm³/mol. The molecule has 112 valence electrons. The average Bonchev–Trinajstić information content (AvgIpc) is 2.97. The van der Waals surface area contributed by atoms with E-state index >= 15 is 0 Å². The van der Waals surface area contributed by atoms with E-state index < -0.39 is 10.0 Å². The summed E-state index contributed by atoms with van der Waals surface area (Å²) in [6.07, 6.45) is 3.47. The molecule has 0 fully saturated rings. The van der Waals surface area contributed by atoms with Crippen LogP contribution in [0.2, 0.25) is 0 Å². The largest absolute Gasteiger partial charge is 0.367 e. The van der Waals surface area contributed by atoms with Crippen LogP contribution in [0.1, 0.15) is 18.1 Å². The SMILES string of the molecule is CC(=O)NCc1ccc(S(=O)(=O)NCc2cc[nH]c2)cc1. The van der Waals surface area contributed by atoms with Gasteiger partial charge in [-0.2, -0.15) is 0 Å². The number of hydrogen-bond acceptors (Lipinski definition) is 3. The number of sulfonamides is 1. The monoisotopic (exact) mass is 307 g/mol. The number of carbonyl (C=O) groups is 1. The van der Waals surface area contributed by atoms with E-state index in [-0.39, 0.29) is 17.3 Å². The van der Waals surface area contributed by atoms with Crippen LogP contribution in [0.15, 0.2) is 47.6 Å². The van der Waals surface area contributed by atoms with Crippen molar-refractivity contribution in [3.8, 4) is 0 Å². The van der Waals surface area contributed by atoms with Gasteiger partial charge in [-0.1, -0.05) is 12.1 Å². The summed E-state index contributed by atoms with van der Waals surface area (Å²) in [6, 6.07) is 8.22. The first-order valence-corrected chi connectivity index (χ1v) is 7.90. The number of hydrogen-bond donors (Lipinski definition) is 3. The van der Waals surface area contributed by atoms with Crippen molar-refractivity contribution in [2.24, 2.45) is 0 Å². The van der Waals surface area contributed by atoms with E-state index in [9.17, 15) is 13.2 Å². The van der Waals surface area contributed by atoms with Gasteiger partial charge in [0.1, 0.15) is 0 Å². The second kappa shape index (κ2) is 6.55. The number of benzene rings is 1. The summed E-state index contributed by atoms with van der Waals surface area (Å²) in [5.74, 6) is -0.125. The molecule has 0 bridgehead atoms. The van der Waals surface area contributed by atoms with Crippen LogP contribution in [0.3, 0.4) is 0 Å². The van der Waals surface area contributed by atoms with Crippen molar-refractivity contribution in [1.82, 2.24) is 15.0 Å². The van der Waals surface area contributed by atoms with Gasteiger partial charge in [-0.05, 0) is 29.3 Å². The Bertz CT molecular complexity index is 692. The van der Waals surface area contributed by atoms with Gasteiger partial charge in [0, 0.05) is 32.4 Å². The Morgan fingerprint density at radius 1 is 1.10 bits per heavy atom. The first kappa shape index (κ1) is 15.3. The fourth-order valence-corrected chi connectivity index (χ4v) is 2.76. The van der Waals surface area contributed by atoms with Crippen molar-refractivity contribution in [2.75, 3.05) is 0 Å². The van der Waals surface area contributed by atoms with Crippen molar-refractivity contribution >= 4 is 15.9 Å². The molecular formula is C14H17N3O3S. The van der Waals surface area contributed by atoms with Crippen LogP contribution in [0.5, 0.6) is 0 Å². The zero-order chi connectivity index (χ0) is 15.3. The average molecular weight is 307 g/mol. The molecule has 1 amide bonds. The van der Waals surface area contributed by atoms with Crippen LogP contribution in [0, 0.1) is 0 Å². The molecule has 1 aromatic heterocycles. The van der Waals surface area contributed by atoms with Crippen LogP contribution in [-0.4, -0.2) is 19.3 Å². The maximum Gasteiger partial charge on any atom is 0.240 e. The minimum absolute atomic E-state index is 0.125. The highest BCUT2D eigenvalue weighted by Crippen LogP contribution is 2.11. The Labute approximate surface area is 123 Å². The number of nitrogens with one attached hydrogen (secondary N) is 3. The highest BCUT2D eigenvalue weighted by molar-refractivity contribution is 7.89. The molecule has 6 nitrogen and oxygen atoms in total.